The van der Waals surface area contributed by atoms with Crippen LogP contribution in [0.25, 0.3) is 0 Å². The predicted octanol–water partition coefficient (Wildman–Crippen LogP) is 2.43. The minimum atomic E-state index is 0.344. The van der Waals surface area contributed by atoms with Crippen molar-refractivity contribution < 1.29 is 14.0 Å². The molecule has 0 saturated carbocycles. The van der Waals surface area contributed by atoms with E-state index in [1.807, 2.05) is 25.1 Å². The van der Waals surface area contributed by atoms with Gasteiger partial charge >= 0.3 is 0 Å². The van der Waals surface area contributed by atoms with Crippen molar-refractivity contribution in [2.45, 2.75) is 6.92 Å². The number of ether oxygens (including phenoxy) is 2. The normalized spacial score (nSPS) is 12.7. The number of fused-ring (bicyclic) bond motifs is 1. The average Bonchev–Trinajstić information content (AvgIpc) is 3.00. The van der Waals surface area contributed by atoms with Crippen LogP contribution in [-0.4, -0.2) is 33.6 Å². The summed E-state index contributed by atoms with van der Waals surface area (Å²) in [5.74, 6) is 3.51. The second-order valence-electron chi connectivity index (χ2n) is 5.10. The van der Waals surface area contributed by atoms with Crippen molar-refractivity contribution in [2.75, 3.05) is 23.8 Å². The van der Waals surface area contributed by atoms with Crippen molar-refractivity contribution in [1.29, 1.82) is 0 Å². The van der Waals surface area contributed by atoms with Crippen molar-refractivity contribution in [3.63, 3.8) is 0 Å². The van der Waals surface area contributed by atoms with Gasteiger partial charge in [-0.3, -0.25) is 0 Å². The van der Waals surface area contributed by atoms with E-state index in [9.17, 15) is 0 Å². The Bertz CT molecular complexity index is 866. The lowest BCUT2D eigenvalue weighted by molar-refractivity contribution is 0.171. The number of anilines is 4. The third-order valence-corrected chi connectivity index (χ3v) is 3.24. The number of hydrogen-bond acceptors (Lipinski definition) is 9. The van der Waals surface area contributed by atoms with Crippen LogP contribution >= 0.6 is 0 Å². The molecular formula is C15H14N6O3. The Morgan fingerprint density at radius 1 is 1.00 bits per heavy atom. The highest BCUT2D eigenvalue weighted by Gasteiger charge is 2.12. The molecular weight excluding hydrogens is 312 g/mol. The van der Waals surface area contributed by atoms with Gasteiger partial charge in [-0.05, 0) is 19.1 Å². The Labute approximate surface area is 137 Å². The lowest BCUT2D eigenvalue weighted by atomic mass is 10.2. The number of aromatic nitrogens is 4. The molecule has 3 heterocycles. The fourth-order valence-electron chi connectivity index (χ4n) is 2.22. The molecule has 3 aromatic rings. The van der Waals surface area contributed by atoms with Gasteiger partial charge in [-0.1, -0.05) is 5.16 Å². The zero-order chi connectivity index (χ0) is 16.4. The standard InChI is InChI=1S/C15H14N6O3/c1-9-6-13(21-24-9)18-14-8-16-20-15(19-14)17-10-2-3-11-12(7-10)23-5-4-22-11/h2-3,6-8H,4-5H2,1H3,(H2,17,18,19,20,21). The molecule has 2 aromatic heterocycles. The number of hydrogen-bond donors (Lipinski definition) is 2. The van der Waals surface area contributed by atoms with Crippen LogP contribution in [0, 0.1) is 6.92 Å². The Morgan fingerprint density at radius 2 is 1.88 bits per heavy atom. The second-order valence-corrected chi connectivity index (χ2v) is 5.10. The minimum Gasteiger partial charge on any atom is -0.486 e. The van der Waals surface area contributed by atoms with E-state index in [4.69, 9.17) is 14.0 Å². The van der Waals surface area contributed by atoms with Crippen molar-refractivity contribution >= 4 is 23.3 Å². The van der Waals surface area contributed by atoms with E-state index in [2.05, 4.69) is 31.0 Å². The maximum atomic E-state index is 5.55. The number of rotatable bonds is 4. The third kappa shape index (κ3) is 3.05. The molecule has 0 amide bonds. The summed E-state index contributed by atoms with van der Waals surface area (Å²) in [5, 5.41) is 17.8. The second kappa shape index (κ2) is 6.03. The molecule has 0 aliphatic carbocycles. The molecule has 9 heteroatoms. The average molecular weight is 326 g/mol. The molecule has 0 spiro atoms. The zero-order valence-electron chi connectivity index (χ0n) is 12.8. The first-order valence-electron chi connectivity index (χ1n) is 7.33. The highest BCUT2D eigenvalue weighted by atomic mass is 16.6. The van der Waals surface area contributed by atoms with E-state index in [0.717, 1.165) is 11.4 Å². The van der Waals surface area contributed by atoms with Crippen molar-refractivity contribution in [2.24, 2.45) is 0 Å². The van der Waals surface area contributed by atoms with E-state index < -0.39 is 0 Å². The summed E-state index contributed by atoms with van der Waals surface area (Å²) in [7, 11) is 0. The van der Waals surface area contributed by atoms with Crippen LogP contribution < -0.4 is 20.1 Å². The van der Waals surface area contributed by atoms with Gasteiger partial charge in [0.05, 0.1) is 6.20 Å². The Hall–Kier alpha value is -3.36. The molecule has 9 nitrogen and oxygen atoms in total. The van der Waals surface area contributed by atoms with E-state index in [1.54, 1.807) is 6.07 Å². The molecule has 2 N–H and O–H groups in total. The van der Waals surface area contributed by atoms with E-state index in [-0.39, 0.29) is 0 Å². The quantitative estimate of drug-likeness (QED) is 0.747. The molecule has 24 heavy (non-hydrogen) atoms. The summed E-state index contributed by atoms with van der Waals surface area (Å²) in [5.41, 5.74) is 0.774. The molecule has 122 valence electrons. The number of benzene rings is 1. The minimum absolute atomic E-state index is 0.344. The summed E-state index contributed by atoms with van der Waals surface area (Å²) in [6.45, 7) is 2.90. The maximum absolute atomic E-state index is 5.55. The Kier molecular flexibility index (Phi) is 3.58. The van der Waals surface area contributed by atoms with Crippen LogP contribution in [0.4, 0.5) is 23.3 Å². The van der Waals surface area contributed by atoms with Gasteiger partial charge in [0.15, 0.2) is 23.1 Å². The highest BCUT2D eigenvalue weighted by molar-refractivity contribution is 5.61. The molecule has 1 aliphatic heterocycles. The van der Waals surface area contributed by atoms with Crippen LogP contribution in [0.2, 0.25) is 0 Å². The first kappa shape index (κ1) is 14.2. The van der Waals surface area contributed by atoms with Crippen molar-refractivity contribution in [3.8, 4) is 11.5 Å². The summed E-state index contributed by atoms with van der Waals surface area (Å²) in [6, 6.07) is 7.29. The SMILES string of the molecule is Cc1cc(Nc2cnnc(Nc3ccc4c(c3)OCCO4)n2)no1. The van der Waals surface area contributed by atoms with Gasteiger partial charge in [-0.2, -0.15) is 10.1 Å². The monoisotopic (exact) mass is 326 g/mol. The largest absolute Gasteiger partial charge is 0.486 e. The molecule has 1 aliphatic rings. The lowest BCUT2D eigenvalue weighted by Crippen LogP contribution is -2.15. The molecule has 0 atom stereocenters. The molecule has 0 bridgehead atoms. The summed E-state index contributed by atoms with van der Waals surface area (Å²) in [4.78, 5) is 4.34. The first-order chi connectivity index (χ1) is 11.8. The zero-order valence-corrected chi connectivity index (χ0v) is 12.8. The molecule has 0 unspecified atom stereocenters. The molecule has 0 saturated heterocycles. The molecule has 0 radical (unpaired) electrons. The lowest BCUT2D eigenvalue weighted by Gasteiger charge is -2.18. The van der Waals surface area contributed by atoms with Gasteiger partial charge in [-0.15, -0.1) is 5.10 Å². The van der Waals surface area contributed by atoms with Gasteiger partial charge in [-0.25, -0.2) is 0 Å². The van der Waals surface area contributed by atoms with Gasteiger partial charge < -0.3 is 24.6 Å². The van der Waals surface area contributed by atoms with E-state index >= 15 is 0 Å². The Balaban J connectivity index is 1.51. The number of nitrogens with zero attached hydrogens (tertiary/aromatic N) is 4. The van der Waals surface area contributed by atoms with Crippen LogP contribution in [0.1, 0.15) is 5.76 Å². The van der Waals surface area contributed by atoms with E-state index in [1.165, 1.54) is 6.20 Å². The fourth-order valence-corrected chi connectivity index (χ4v) is 2.22. The summed E-state index contributed by atoms with van der Waals surface area (Å²) < 4.78 is 16.0. The fraction of sp³-hybridized carbons (Fsp3) is 0.200. The maximum Gasteiger partial charge on any atom is 0.249 e. The smallest absolute Gasteiger partial charge is 0.249 e. The summed E-state index contributed by atoms with van der Waals surface area (Å²) in [6.07, 6.45) is 1.50. The topological polar surface area (TPSA) is 107 Å². The molecule has 0 fully saturated rings. The van der Waals surface area contributed by atoms with Crippen LogP contribution in [0.5, 0.6) is 11.5 Å². The van der Waals surface area contributed by atoms with Crippen molar-refractivity contribution in [3.05, 3.63) is 36.2 Å². The third-order valence-electron chi connectivity index (χ3n) is 3.24. The molecule has 4 rings (SSSR count). The van der Waals surface area contributed by atoms with Crippen LogP contribution in [0.3, 0.4) is 0 Å². The van der Waals surface area contributed by atoms with E-state index in [0.29, 0.717) is 42.3 Å². The highest BCUT2D eigenvalue weighted by Crippen LogP contribution is 2.33. The predicted molar refractivity (Wildman–Crippen MR) is 85.1 cm³/mol. The van der Waals surface area contributed by atoms with Gasteiger partial charge in [0.25, 0.3) is 0 Å². The number of aryl methyl sites for hydroxylation is 1. The van der Waals surface area contributed by atoms with Crippen LogP contribution in [-0.2, 0) is 0 Å². The Morgan fingerprint density at radius 3 is 2.71 bits per heavy atom. The van der Waals surface area contributed by atoms with Gasteiger partial charge in [0, 0.05) is 17.8 Å². The first-order valence-corrected chi connectivity index (χ1v) is 7.33. The summed E-state index contributed by atoms with van der Waals surface area (Å²) >= 11 is 0. The van der Waals surface area contributed by atoms with Gasteiger partial charge in [0.2, 0.25) is 5.95 Å². The molecule has 1 aromatic carbocycles. The number of nitrogens with one attached hydrogen (secondary N) is 2. The van der Waals surface area contributed by atoms with Crippen molar-refractivity contribution in [1.82, 2.24) is 20.3 Å². The van der Waals surface area contributed by atoms with Crippen LogP contribution in [0.15, 0.2) is 35.0 Å². The van der Waals surface area contributed by atoms with Gasteiger partial charge in [0.1, 0.15) is 19.0 Å².